The Labute approximate surface area is 126 Å². The van der Waals surface area contributed by atoms with Crippen molar-refractivity contribution < 1.29 is 18.3 Å². The molecule has 21 heavy (non-hydrogen) atoms. The van der Waals surface area contributed by atoms with Crippen LogP contribution < -0.4 is 0 Å². The smallest absolute Gasteiger partial charge is 0.253 e. The lowest BCUT2D eigenvalue weighted by Crippen LogP contribution is -2.29. The Kier molecular flexibility index (Phi) is 5.88. The first-order valence-corrected chi connectivity index (χ1v) is 8.06. The Morgan fingerprint density at radius 3 is 2.14 bits per heavy atom. The van der Waals surface area contributed by atoms with Gasteiger partial charge in [-0.1, -0.05) is 0 Å². The molecule has 1 amide bonds. The first kappa shape index (κ1) is 17.6. The van der Waals surface area contributed by atoms with Crippen molar-refractivity contribution in [2.45, 2.75) is 24.3 Å². The van der Waals surface area contributed by atoms with Gasteiger partial charge in [0.1, 0.15) is 0 Å². The number of aliphatic hydroxyl groups excluding tert-OH is 1. The third-order valence-electron chi connectivity index (χ3n) is 3.11. The minimum absolute atomic E-state index is 0.149. The summed E-state index contributed by atoms with van der Waals surface area (Å²) in [5.74, 6) is -0.204. The maximum atomic E-state index is 12.1. The number of hydrogen-bond acceptors (Lipinski definition) is 4. The summed E-state index contributed by atoms with van der Waals surface area (Å²) in [5, 5.41) is 9.22. The van der Waals surface area contributed by atoms with E-state index < -0.39 is 16.1 Å². The second-order valence-corrected chi connectivity index (χ2v) is 7.33. The summed E-state index contributed by atoms with van der Waals surface area (Å²) in [4.78, 5) is 13.8. The van der Waals surface area contributed by atoms with E-state index in [2.05, 4.69) is 0 Å². The molecule has 0 aromatic heterocycles. The van der Waals surface area contributed by atoms with E-state index in [4.69, 9.17) is 0 Å². The number of carbonyl (C=O) groups excluding carboxylic acids is 1. The van der Waals surface area contributed by atoms with Crippen LogP contribution in [-0.2, 0) is 10.0 Å². The van der Waals surface area contributed by atoms with E-state index in [9.17, 15) is 18.3 Å². The van der Waals surface area contributed by atoms with Crippen LogP contribution in [-0.4, -0.2) is 62.4 Å². The maximum Gasteiger partial charge on any atom is 0.253 e. The van der Waals surface area contributed by atoms with Crippen LogP contribution in [0.4, 0.5) is 0 Å². The highest BCUT2D eigenvalue weighted by atomic mass is 32.2. The molecular weight excluding hydrogens is 292 g/mol. The van der Waals surface area contributed by atoms with Crippen LogP contribution in [0, 0.1) is 0 Å². The maximum absolute atomic E-state index is 12.1. The molecule has 1 aromatic carbocycles. The van der Waals surface area contributed by atoms with Gasteiger partial charge in [0, 0.05) is 33.3 Å². The molecule has 0 aliphatic rings. The van der Waals surface area contributed by atoms with Crippen molar-refractivity contribution in [1.29, 1.82) is 0 Å². The average molecular weight is 314 g/mol. The van der Waals surface area contributed by atoms with Crippen LogP contribution in [0.3, 0.4) is 0 Å². The van der Waals surface area contributed by atoms with E-state index in [-0.39, 0.29) is 10.8 Å². The average Bonchev–Trinajstić information content (AvgIpc) is 2.43. The van der Waals surface area contributed by atoms with Gasteiger partial charge in [0.2, 0.25) is 10.0 Å². The molecule has 0 aliphatic carbocycles. The highest BCUT2D eigenvalue weighted by Crippen LogP contribution is 2.15. The number of benzene rings is 1. The van der Waals surface area contributed by atoms with Crippen molar-refractivity contribution in [3.63, 3.8) is 0 Å². The predicted octanol–water partition coefficient (Wildman–Crippen LogP) is 0.780. The zero-order valence-electron chi connectivity index (χ0n) is 12.8. The van der Waals surface area contributed by atoms with Crippen molar-refractivity contribution in [1.82, 2.24) is 9.21 Å². The monoisotopic (exact) mass is 314 g/mol. The first-order valence-electron chi connectivity index (χ1n) is 6.62. The number of amides is 1. The van der Waals surface area contributed by atoms with Crippen LogP contribution >= 0.6 is 0 Å². The molecule has 0 radical (unpaired) electrons. The fourth-order valence-electron chi connectivity index (χ4n) is 1.68. The van der Waals surface area contributed by atoms with E-state index in [1.807, 2.05) is 0 Å². The lowest BCUT2D eigenvalue weighted by molar-refractivity contribution is 0.0769. The molecule has 0 heterocycles. The van der Waals surface area contributed by atoms with Gasteiger partial charge in [-0.2, -0.15) is 0 Å². The molecule has 0 saturated heterocycles. The minimum Gasteiger partial charge on any atom is -0.393 e. The molecule has 0 aliphatic heterocycles. The highest BCUT2D eigenvalue weighted by Gasteiger charge is 2.18. The van der Waals surface area contributed by atoms with Crippen molar-refractivity contribution in [2.24, 2.45) is 0 Å². The lowest BCUT2D eigenvalue weighted by Gasteiger charge is -2.18. The van der Waals surface area contributed by atoms with E-state index in [0.717, 1.165) is 4.31 Å². The summed E-state index contributed by atoms with van der Waals surface area (Å²) in [7, 11) is 1.08. The molecule has 0 bridgehead atoms. The SMILES string of the molecule is CC(O)CCN(C)C(=O)c1ccc(S(=O)(=O)N(C)C)cc1. The Morgan fingerprint density at radius 1 is 1.19 bits per heavy atom. The molecule has 1 aromatic rings. The topological polar surface area (TPSA) is 77.9 Å². The van der Waals surface area contributed by atoms with Crippen LogP contribution in [0.1, 0.15) is 23.7 Å². The van der Waals surface area contributed by atoms with Gasteiger partial charge < -0.3 is 10.0 Å². The first-order chi connectivity index (χ1) is 9.66. The zero-order valence-corrected chi connectivity index (χ0v) is 13.6. The summed E-state index contributed by atoms with van der Waals surface area (Å²) in [6.07, 6.45) is 0.0304. The fourth-order valence-corrected chi connectivity index (χ4v) is 2.58. The number of rotatable bonds is 6. The molecule has 0 saturated carbocycles. The van der Waals surface area contributed by atoms with Crippen molar-refractivity contribution >= 4 is 15.9 Å². The summed E-state index contributed by atoms with van der Waals surface area (Å²) in [5.41, 5.74) is 0.417. The van der Waals surface area contributed by atoms with Crippen molar-refractivity contribution in [2.75, 3.05) is 27.7 Å². The molecule has 1 N–H and O–H groups in total. The minimum atomic E-state index is -3.49. The van der Waals surface area contributed by atoms with Gasteiger partial charge in [-0.25, -0.2) is 12.7 Å². The quantitative estimate of drug-likeness (QED) is 0.842. The molecule has 118 valence electrons. The molecule has 0 fully saturated rings. The van der Waals surface area contributed by atoms with E-state index >= 15 is 0 Å². The standard InChI is InChI=1S/C14H22N2O4S/c1-11(17)9-10-16(4)14(18)12-5-7-13(8-6-12)21(19,20)15(2)3/h5-8,11,17H,9-10H2,1-4H3. The number of carbonyl (C=O) groups is 1. The normalized spacial score (nSPS) is 13.2. The molecule has 1 unspecified atom stereocenters. The fraction of sp³-hybridized carbons (Fsp3) is 0.500. The van der Waals surface area contributed by atoms with Crippen LogP contribution in [0.25, 0.3) is 0 Å². The Bertz CT molecular complexity index is 579. The van der Waals surface area contributed by atoms with Crippen LogP contribution in [0.15, 0.2) is 29.2 Å². The summed E-state index contributed by atoms with van der Waals surface area (Å²) in [6.45, 7) is 2.10. The predicted molar refractivity (Wildman–Crippen MR) is 80.6 cm³/mol. The van der Waals surface area contributed by atoms with Crippen molar-refractivity contribution in [3.05, 3.63) is 29.8 Å². The van der Waals surface area contributed by atoms with E-state index in [0.29, 0.717) is 18.5 Å². The summed E-state index contributed by atoms with van der Waals surface area (Å²) < 4.78 is 25.0. The third-order valence-corrected chi connectivity index (χ3v) is 4.94. The molecular formula is C14H22N2O4S. The summed E-state index contributed by atoms with van der Waals surface area (Å²) >= 11 is 0. The van der Waals surface area contributed by atoms with E-state index in [1.54, 1.807) is 14.0 Å². The number of nitrogens with zero attached hydrogens (tertiary/aromatic N) is 2. The Balaban J connectivity index is 2.85. The molecule has 0 spiro atoms. The van der Waals surface area contributed by atoms with E-state index in [1.165, 1.54) is 43.3 Å². The van der Waals surface area contributed by atoms with Gasteiger partial charge in [-0.15, -0.1) is 0 Å². The lowest BCUT2D eigenvalue weighted by atomic mass is 10.2. The second kappa shape index (κ2) is 7.02. The Morgan fingerprint density at radius 2 is 1.71 bits per heavy atom. The highest BCUT2D eigenvalue weighted by molar-refractivity contribution is 7.89. The molecule has 6 nitrogen and oxygen atoms in total. The third kappa shape index (κ3) is 4.52. The molecule has 1 atom stereocenters. The summed E-state index contributed by atoms with van der Waals surface area (Å²) in [6, 6.07) is 5.84. The molecule has 1 rings (SSSR count). The van der Waals surface area contributed by atoms with Crippen LogP contribution in [0.2, 0.25) is 0 Å². The zero-order chi connectivity index (χ0) is 16.2. The largest absolute Gasteiger partial charge is 0.393 e. The van der Waals surface area contributed by atoms with Gasteiger partial charge in [0.05, 0.1) is 11.0 Å². The Hall–Kier alpha value is -1.44. The van der Waals surface area contributed by atoms with Gasteiger partial charge in [-0.3, -0.25) is 4.79 Å². The number of hydrogen-bond donors (Lipinski definition) is 1. The second-order valence-electron chi connectivity index (χ2n) is 5.18. The van der Waals surface area contributed by atoms with Crippen molar-refractivity contribution in [3.8, 4) is 0 Å². The number of sulfonamides is 1. The number of aliphatic hydroxyl groups is 1. The van der Waals surface area contributed by atoms with Gasteiger partial charge in [-0.05, 0) is 37.6 Å². The van der Waals surface area contributed by atoms with Crippen LogP contribution in [0.5, 0.6) is 0 Å². The van der Waals surface area contributed by atoms with Gasteiger partial charge in [0.25, 0.3) is 5.91 Å². The van der Waals surface area contributed by atoms with Gasteiger partial charge in [0.15, 0.2) is 0 Å². The molecule has 7 heteroatoms. The van der Waals surface area contributed by atoms with Gasteiger partial charge >= 0.3 is 0 Å².